The molecule has 1 aliphatic heterocycles. The van der Waals surface area contributed by atoms with Crippen molar-refractivity contribution in [2.24, 2.45) is 0 Å². The summed E-state index contributed by atoms with van der Waals surface area (Å²) in [6, 6.07) is 40.0. The van der Waals surface area contributed by atoms with Crippen molar-refractivity contribution >= 4 is 6.29 Å². The number of ether oxygens (including phenoxy) is 5. The molecule has 0 saturated carbocycles. The van der Waals surface area contributed by atoms with Crippen LogP contribution < -0.4 is 0 Å². The van der Waals surface area contributed by atoms with Gasteiger partial charge in [0, 0.05) is 6.42 Å². The molecular weight excluding hydrogens is 528 g/mol. The van der Waals surface area contributed by atoms with Gasteiger partial charge in [-0.25, -0.2) is 0 Å². The third kappa shape index (κ3) is 8.68. The van der Waals surface area contributed by atoms with E-state index in [-0.39, 0.29) is 13.0 Å². The second-order valence-corrected chi connectivity index (χ2v) is 10.4. The van der Waals surface area contributed by atoms with Crippen molar-refractivity contribution in [3.63, 3.8) is 0 Å². The van der Waals surface area contributed by atoms with Gasteiger partial charge in [-0.1, -0.05) is 121 Å². The molecule has 5 atom stereocenters. The Morgan fingerprint density at radius 2 is 0.881 bits per heavy atom. The Labute approximate surface area is 248 Å². The van der Waals surface area contributed by atoms with Gasteiger partial charge < -0.3 is 28.5 Å². The van der Waals surface area contributed by atoms with E-state index in [1.807, 2.05) is 121 Å². The van der Waals surface area contributed by atoms with E-state index >= 15 is 0 Å². The van der Waals surface area contributed by atoms with Crippen LogP contribution in [-0.2, 0) is 54.9 Å². The molecule has 4 aromatic carbocycles. The summed E-state index contributed by atoms with van der Waals surface area (Å²) in [5, 5.41) is 0. The Balaban J connectivity index is 1.40. The summed E-state index contributed by atoms with van der Waals surface area (Å²) in [5.74, 6) is 0. The zero-order valence-electron chi connectivity index (χ0n) is 23.7. The van der Waals surface area contributed by atoms with E-state index in [0.717, 1.165) is 28.5 Å². The fourth-order valence-electron chi connectivity index (χ4n) is 5.17. The van der Waals surface area contributed by atoms with Crippen molar-refractivity contribution < 1.29 is 28.5 Å². The molecule has 5 rings (SSSR count). The first-order valence-electron chi connectivity index (χ1n) is 14.5. The van der Waals surface area contributed by atoms with Crippen LogP contribution in [0.3, 0.4) is 0 Å². The summed E-state index contributed by atoms with van der Waals surface area (Å²) in [7, 11) is 0. The van der Waals surface area contributed by atoms with Crippen molar-refractivity contribution in [1.82, 2.24) is 0 Å². The first-order chi connectivity index (χ1) is 20.8. The molecule has 0 aliphatic carbocycles. The smallest absolute Gasteiger partial charge is 0.122 e. The highest BCUT2D eigenvalue weighted by Crippen LogP contribution is 2.32. The molecule has 0 aromatic heterocycles. The van der Waals surface area contributed by atoms with Gasteiger partial charge in [0.2, 0.25) is 0 Å². The van der Waals surface area contributed by atoms with Crippen LogP contribution in [0.25, 0.3) is 0 Å². The van der Waals surface area contributed by atoms with E-state index < -0.39 is 30.5 Å². The third-order valence-corrected chi connectivity index (χ3v) is 7.31. The zero-order valence-corrected chi connectivity index (χ0v) is 23.7. The van der Waals surface area contributed by atoms with Crippen LogP contribution >= 0.6 is 0 Å². The highest BCUT2D eigenvalue weighted by Gasteiger charge is 2.48. The van der Waals surface area contributed by atoms with E-state index in [0.29, 0.717) is 26.4 Å². The number of hydrogen-bond donors (Lipinski definition) is 0. The lowest BCUT2D eigenvalue weighted by Crippen LogP contribution is -2.61. The number of rotatable bonds is 15. The summed E-state index contributed by atoms with van der Waals surface area (Å²) in [4.78, 5) is 11.8. The Morgan fingerprint density at radius 1 is 0.500 bits per heavy atom. The molecule has 1 heterocycles. The zero-order chi connectivity index (χ0) is 28.8. The Bertz CT molecular complexity index is 1300. The van der Waals surface area contributed by atoms with Crippen molar-refractivity contribution in [2.45, 2.75) is 63.4 Å². The molecule has 6 heteroatoms. The molecular formula is C36H38O6. The number of carbonyl (C=O) groups excluding carboxylic acids is 1. The SMILES string of the molecule is O=CC[C@@H]1O[C@H](COCc2ccccc2)[C@H](OCc2ccccc2)[C@H](OCc2ccccc2)[C@H]1OCc1ccccc1. The van der Waals surface area contributed by atoms with Crippen molar-refractivity contribution in [3.05, 3.63) is 144 Å². The maximum atomic E-state index is 11.8. The minimum atomic E-state index is -0.537. The molecule has 0 amide bonds. The molecule has 0 bridgehead atoms. The van der Waals surface area contributed by atoms with Gasteiger partial charge in [-0.2, -0.15) is 0 Å². The Morgan fingerprint density at radius 3 is 1.31 bits per heavy atom. The molecule has 218 valence electrons. The standard InChI is InChI=1S/C36H38O6/c37-22-21-32-34(39-24-29-15-7-2-8-16-29)36(41-26-31-19-11-4-12-20-31)35(40-25-30-17-9-3-10-18-30)33(42-32)27-38-23-28-13-5-1-6-14-28/h1-20,22,32-36H,21,23-27H2/t32-,33+,34-,35-,36+/m0/s1. The number of benzene rings is 4. The van der Waals surface area contributed by atoms with Crippen molar-refractivity contribution in [3.8, 4) is 0 Å². The molecule has 6 nitrogen and oxygen atoms in total. The predicted molar refractivity (Wildman–Crippen MR) is 160 cm³/mol. The number of hydrogen-bond acceptors (Lipinski definition) is 6. The Hall–Kier alpha value is -3.65. The Kier molecular flexibility index (Phi) is 11.4. The largest absolute Gasteiger partial charge is 0.374 e. The van der Waals surface area contributed by atoms with Gasteiger partial charge in [-0.3, -0.25) is 0 Å². The topological polar surface area (TPSA) is 63.2 Å². The highest BCUT2D eigenvalue weighted by atomic mass is 16.6. The van der Waals surface area contributed by atoms with E-state index in [9.17, 15) is 4.79 Å². The highest BCUT2D eigenvalue weighted by molar-refractivity contribution is 5.50. The van der Waals surface area contributed by atoms with Gasteiger partial charge >= 0.3 is 0 Å². The molecule has 0 spiro atoms. The molecule has 1 saturated heterocycles. The summed E-state index contributed by atoms with van der Waals surface area (Å²) < 4.78 is 32.5. The van der Waals surface area contributed by atoms with Crippen LogP contribution in [-0.4, -0.2) is 43.4 Å². The molecule has 0 radical (unpaired) electrons. The summed E-state index contributed by atoms with van der Waals surface area (Å²) >= 11 is 0. The van der Waals surface area contributed by atoms with Crippen LogP contribution in [0.15, 0.2) is 121 Å². The van der Waals surface area contributed by atoms with Crippen LogP contribution in [0.4, 0.5) is 0 Å². The third-order valence-electron chi connectivity index (χ3n) is 7.31. The molecule has 1 fully saturated rings. The fourth-order valence-corrected chi connectivity index (χ4v) is 5.17. The lowest BCUT2D eigenvalue weighted by atomic mass is 9.92. The summed E-state index contributed by atoms with van der Waals surface area (Å²) in [6.45, 7) is 1.82. The minimum absolute atomic E-state index is 0.172. The monoisotopic (exact) mass is 566 g/mol. The summed E-state index contributed by atoms with van der Waals surface area (Å²) in [5.41, 5.74) is 4.18. The molecule has 42 heavy (non-hydrogen) atoms. The van der Waals surface area contributed by atoms with Gasteiger partial charge in [-0.05, 0) is 22.3 Å². The van der Waals surface area contributed by atoms with E-state index in [1.165, 1.54) is 0 Å². The summed E-state index contributed by atoms with van der Waals surface area (Å²) in [6.07, 6.45) is -1.50. The van der Waals surface area contributed by atoms with Gasteiger partial charge in [0.25, 0.3) is 0 Å². The fraction of sp³-hybridized carbons (Fsp3) is 0.306. The average molecular weight is 567 g/mol. The second-order valence-electron chi connectivity index (χ2n) is 10.4. The first kappa shape index (κ1) is 29.8. The normalized spacial score (nSPS) is 22.0. The quantitative estimate of drug-likeness (QED) is 0.157. The van der Waals surface area contributed by atoms with E-state index in [2.05, 4.69) is 0 Å². The lowest BCUT2D eigenvalue weighted by Gasteiger charge is -2.46. The van der Waals surface area contributed by atoms with Gasteiger partial charge in [0.15, 0.2) is 0 Å². The van der Waals surface area contributed by atoms with Gasteiger partial charge in [-0.15, -0.1) is 0 Å². The molecule has 1 aliphatic rings. The minimum Gasteiger partial charge on any atom is -0.374 e. The maximum absolute atomic E-state index is 11.8. The number of carbonyl (C=O) groups is 1. The van der Waals surface area contributed by atoms with Crippen LogP contribution in [0, 0.1) is 0 Å². The van der Waals surface area contributed by atoms with Crippen molar-refractivity contribution in [1.29, 1.82) is 0 Å². The molecule has 4 aromatic rings. The lowest BCUT2D eigenvalue weighted by molar-refractivity contribution is -0.272. The first-order valence-corrected chi connectivity index (χ1v) is 14.5. The number of aldehydes is 1. The van der Waals surface area contributed by atoms with Gasteiger partial charge in [0.1, 0.15) is 30.7 Å². The van der Waals surface area contributed by atoms with Crippen LogP contribution in [0.2, 0.25) is 0 Å². The van der Waals surface area contributed by atoms with E-state index in [1.54, 1.807) is 0 Å². The van der Waals surface area contributed by atoms with E-state index in [4.69, 9.17) is 23.7 Å². The van der Waals surface area contributed by atoms with Crippen molar-refractivity contribution in [2.75, 3.05) is 6.61 Å². The maximum Gasteiger partial charge on any atom is 0.122 e. The van der Waals surface area contributed by atoms with Crippen LogP contribution in [0.5, 0.6) is 0 Å². The average Bonchev–Trinajstić information content (AvgIpc) is 3.05. The van der Waals surface area contributed by atoms with Crippen LogP contribution in [0.1, 0.15) is 28.7 Å². The molecule has 0 unspecified atom stereocenters. The molecule has 0 N–H and O–H groups in total. The van der Waals surface area contributed by atoms with Gasteiger partial charge in [0.05, 0.1) is 39.1 Å². The predicted octanol–water partition coefficient (Wildman–Crippen LogP) is 6.32. The second kappa shape index (κ2) is 16.1.